The number of carbonyl (C=O) groups is 2. The van der Waals surface area contributed by atoms with Crippen LogP contribution in [0.3, 0.4) is 0 Å². The predicted octanol–water partition coefficient (Wildman–Crippen LogP) is -0.386. The van der Waals surface area contributed by atoms with Gasteiger partial charge in [0.25, 0.3) is 5.69 Å². The summed E-state index contributed by atoms with van der Waals surface area (Å²) in [6.45, 7) is 1.29. The third-order valence-electron chi connectivity index (χ3n) is 3.57. The molecule has 0 unspecified atom stereocenters. The van der Waals surface area contributed by atoms with Crippen LogP contribution >= 0.6 is 0 Å². The Balaban J connectivity index is 1.70. The fourth-order valence-corrected chi connectivity index (χ4v) is 2.25. The van der Waals surface area contributed by atoms with Gasteiger partial charge in [-0.05, 0) is 30.7 Å². The standard InChI is InChI=1S/C15H20N6O5/c16-14(18-8-13(22)19-11-5-6-17-7-11)20-15(23)26-9-10-1-3-12(4-2-10)21(24)25/h1-4,11,17H,5-9H2,(H,19,22)(H3,16,18,20,23)/t11-/m0/s1. The molecule has 0 aliphatic carbocycles. The molecular weight excluding hydrogens is 344 g/mol. The van der Waals surface area contributed by atoms with Gasteiger partial charge in [0.15, 0.2) is 5.96 Å². The van der Waals surface area contributed by atoms with Crippen LogP contribution in [0.25, 0.3) is 0 Å². The highest BCUT2D eigenvalue weighted by Crippen LogP contribution is 2.12. The summed E-state index contributed by atoms with van der Waals surface area (Å²) < 4.78 is 4.92. The molecule has 11 heteroatoms. The molecule has 1 aliphatic rings. The van der Waals surface area contributed by atoms with Crippen LogP contribution < -0.4 is 21.7 Å². The van der Waals surface area contributed by atoms with Crippen molar-refractivity contribution >= 4 is 23.6 Å². The van der Waals surface area contributed by atoms with Crippen LogP contribution in [0.15, 0.2) is 29.3 Å². The number of nitro benzene ring substituents is 1. The Morgan fingerprint density at radius 2 is 2.12 bits per heavy atom. The number of benzene rings is 1. The fraction of sp³-hybridized carbons (Fsp3) is 0.400. The average molecular weight is 364 g/mol. The van der Waals surface area contributed by atoms with Gasteiger partial charge in [-0.3, -0.25) is 20.2 Å². The molecule has 0 aromatic heterocycles. The van der Waals surface area contributed by atoms with Crippen molar-refractivity contribution in [3.63, 3.8) is 0 Å². The minimum atomic E-state index is -0.843. The van der Waals surface area contributed by atoms with Crippen molar-refractivity contribution in [3.05, 3.63) is 39.9 Å². The van der Waals surface area contributed by atoms with Gasteiger partial charge in [0, 0.05) is 24.7 Å². The summed E-state index contributed by atoms with van der Waals surface area (Å²) in [7, 11) is 0. The topological polar surface area (TPSA) is 161 Å². The zero-order valence-electron chi connectivity index (χ0n) is 13.9. The molecule has 0 saturated carbocycles. The van der Waals surface area contributed by atoms with Crippen LogP contribution in [-0.4, -0.2) is 48.6 Å². The molecule has 140 valence electrons. The third-order valence-corrected chi connectivity index (χ3v) is 3.57. The molecule has 1 fully saturated rings. The number of non-ortho nitro benzene ring substituents is 1. The highest BCUT2D eigenvalue weighted by Gasteiger charge is 2.16. The Labute approximate surface area is 149 Å². The van der Waals surface area contributed by atoms with Gasteiger partial charge in [0.2, 0.25) is 5.91 Å². The summed E-state index contributed by atoms with van der Waals surface area (Å²) in [4.78, 5) is 37.1. The average Bonchev–Trinajstić information content (AvgIpc) is 3.11. The van der Waals surface area contributed by atoms with Gasteiger partial charge in [0.05, 0.1) is 4.92 Å². The van der Waals surface area contributed by atoms with E-state index < -0.39 is 11.0 Å². The van der Waals surface area contributed by atoms with E-state index in [0.717, 1.165) is 19.5 Å². The molecule has 0 spiro atoms. The van der Waals surface area contributed by atoms with E-state index in [9.17, 15) is 19.7 Å². The molecule has 2 amide bonds. The second kappa shape index (κ2) is 9.32. The molecule has 26 heavy (non-hydrogen) atoms. The first-order valence-electron chi connectivity index (χ1n) is 7.91. The second-order valence-corrected chi connectivity index (χ2v) is 5.58. The monoisotopic (exact) mass is 364 g/mol. The third kappa shape index (κ3) is 6.36. The number of hydrogen-bond donors (Lipinski definition) is 4. The molecule has 11 nitrogen and oxygen atoms in total. The van der Waals surface area contributed by atoms with Gasteiger partial charge in [0.1, 0.15) is 13.2 Å². The number of nitrogens with zero attached hydrogens (tertiary/aromatic N) is 2. The summed E-state index contributed by atoms with van der Waals surface area (Å²) >= 11 is 0. The molecule has 1 aromatic carbocycles. The quantitative estimate of drug-likeness (QED) is 0.231. The number of rotatable bonds is 6. The maximum atomic E-state index is 11.7. The normalized spacial score (nSPS) is 16.8. The minimum Gasteiger partial charge on any atom is -0.444 e. The van der Waals surface area contributed by atoms with Crippen LogP contribution in [-0.2, 0) is 16.1 Å². The van der Waals surface area contributed by atoms with Gasteiger partial charge in [-0.1, -0.05) is 0 Å². The number of guanidine groups is 1. The first-order chi connectivity index (χ1) is 12.4. The van der Waals surface area contributed by atoms with Crippen molar-refractivity contribution < 1.29 is 19.2 Å². The zero-order chi connectivity index (χ0) is 18.9. The lowest BCUT2D eigenvalue weighted by atomic mass is 10.2. The van der Waals surface area contributed by atoms with Crippen molar-refractivity contribution in [3.8, 4) is 0 Å². The van der Waals surface area contributed by atoms with Crippen molar-refractivity contribution in [1.82, 2.24) is 16.0 Å². The van der Waals surface area contributed by atoms with Crippen molar-refractivity contribution in [2.75, 3.05) is 19.6 Å². The summed E-state index contributed by atoms with van der Waals surface area (Å²) in [6, 6.07) is 5.66. The van der Waals surface area contributed by atoms with Crippen molar-refractivity contribution in [2.45, 2.75) is 19.1 Å². The van der Waals surface area contributed by atoms with E-state index in [1.807, 2.05) is 0 Å². The first-order valence-corrected chi connectivity index (χ1v) is 7.91. The lowest BCUT2D eigenvalue weighted by Gasteiger charge is -2.10. The minimum absolute atomic E-state index is 0.0544. The summed E-state index contributed by atoms with van der Waals surface area (Å²) in [5, 5.41) is 18.7. The van der Waals surface area contributed by atoms with Crippen LogP contribution in [0, 0.1) is 10.1 Å². The highest BCUT2D eigenvalue weighted by molar-refractivity contribution is 5.94. The molecular formula is C15H20N6O5. The van der Waals surface area contributed by atoms with Crippen molar-refractivity contribution in [2.24, 2.45) is 10.7 Å². The van der Waals surface area contributed by atoms with Crippen LogP contribution in [0.2, 0.25) is 0 Å². The van der Waals surface area contributed by atoms with E-state index in [2.05, 4.69) is 20.9 Å². The number of ether oxygens (including phenoxy) is 1. The fourth-order valence-electron chi connectivity index (χ4n) is 2.25. The number of amides is 2. The van der Waals surface area contributed by atoms with E-state index in [0.29, 0.717) is 5.56 Å². The van der Waals surface area contributed by atoms with Crippen molar-refractivity contribution in [1.29, 1.82) is 0 Å². The number of nitro groups is 1. The molecule has 2 rings (SSSR count). The van der Waals surface area contributed by atoms with Crippen LogP contribution in [0.1, 0.15) is 12.0 Å². The predicted molar refractivity (Wildman–Crippen MR) is 92.3 cm³/mol. The van der Waals surface area contributed by atoms with Crippen LogP contribution in [0.4, 0.5) is 10.5 Å². The Morgan fingerprint density at radius 1 is 1.38 bits per heavy atom. The highest BCUT2D eigenvalue weighted by atomic mass is 16.6. The van der Waals surface area contributed by atoms with Gasteiger partial charge in [-0.2, -0.15) is 0 Å². The Hall–Kier alpha value is -3.21. The SMILES string of the molecule is NC(=NCC(=O)N[C@H]1CCNC1)NC(=O)OCc1ccc([N+](=O)[O-])cc1. The largest absolute Gasteiger partial charge is 0.444 e. The lowest BCUT2D eigenvalue weighted by Crippen LogP contribution is -2.40. The zero-order valence-corrected chi connectivity index (χ0v) is 13.9. The number of aliphatic imine (C=N–C) groups is 1. The summed E-state index contributed by atoms with van der Waals surface area (Å²) in [5.74, 6) is -0.527. The number of nitrogens with two attached hydrogens (primary N) is 1. The van der Waals surface area contributed by atoms with E-state index >= 15 is 0 Å². The molecule has 5 N–H and O–H groups in total. The van der Waals surface area contributed by atoms with E-state index in [1.54, 1.807) is 0 Å². The molecule has 1 heterocycles. The van der Waals surface area contributed by atoms with Gasteiger partial charge in [-0.25, -0.2) is 9.79 Å². The molecule has 1 saturated heterocycles. The number of alkyl carbamates (subject to hydrolysis) is 1. The van der Waals surface area contributed by atoms with Crippen LogP contribution in [0.5, 0.6) is 0 Å². The van der Waals surface area contributed by atoms with Gasteiger partial charge >= 0.3 is 6.09 Å². The van der Waals surface area contributed by atoms with E-state index in [-0.39, 0.29) is 36.7 Å². The summed E-state index contributed by atoms with van der Waals surface area (Å²) in [6.07, 6.45) is 0.0167. The number of nitrogens with one attached hydrogen (secondary N) is 3. The number of hydrogen-bond acceptors (Lipinski definition) is 7. The Bertz CT molecular complexity index is 684. The maximum Gasteiger partial charge on any atom is 0.414 e. The Morgan fingerprint density at radius 3 is 2.73 bits per heavy atom. The lowest BCUT2D eigenvalue weighted by molar-refractivity contribution is -0.384. The Kier molecular flexibility index (Phi) is 6.85. The van der Waals surface area contributed by atoms with Gasteiger partial charge in [-0.15, -0.1) is 0 Å². The van der Waals surface area contributed by atoms with Gasteiger partial charge < -0.3 is 21.1 Å². The molecule has 1 aromatic rings. The summed E-state index contributed by atoms with van der Waals surface area (Å²) in [5.41, 5.74) is 6.04. The van der Waals surface area contributed by atoms with E-state index in [1.165, 1.54) is 24.3 Å². The number of carbonyl (C=O) groups excluding carboxylic acids is 2. The first kappa shape index (κ1) is 19.1. The van der Waals surface area contributed by atoms with E-state index in [4.69, 9.17) is 10.5 Å². The second-order valence-electron chi connectivity index (χ2n) is 5.58. The maximum absolute atomic E-state index is 11.7. The molecule has 1 atom stereocenters. The molecule has 0 radical (unpaired) electrons. The molecule has 0 bridgehead atoms. The smallest absolute Gasteiger partial charge is 0.414 e. The molecule has 1 aliphatic heterocycles.